The molecule has 17 heavy (non-hydrogen) atoms. The number of hydrogen-bond acceptors (Lipinski definition) is 3. The molecule has 1 saturated heterocycles. The molecule has 2 rings (SSSR count). The number of ether oxygens (including phenoxy) is 1. The highest BCUT2D eigenvalue weighted by molar-refractivity contribution is 5.80. The standard InChI is InChI=1S/C13H23NO3/c1-10-12(6-9-17-10)13(16)14(7-8-15)11-4-2-3-5-11/h10-12,15H,2-9H2,1H3. The minimum absolute atomic E-state index is 0.00199. The molecule has 4 nitrogen and oxygen atoms in total. The van der Waals surface area contributed by atoms with Crippen LogP contribution in [-0.4, -0.2) is 47.8 Å². The normalized spacial score (nSPS) is 29.8. The summed E-state index contributed by atoms with van der Waals surface area (Å²) in [4.78, 5) is 14.4. The van der Waals surface area contributed by atoms with E-state index in [0.717, 1.165) is 19.3 Å². The zero-order chi connectivity index (χ0) is 12.3. The molecule has 2 atom stereocenters. The summed E-state index contributed by atoms with van der Waals surface area (Å²) in [6.07, 6.45) is 5.45. The van der Waals surface area contributed by atoms with E-state index in [-0.39, 0.29) is 24.5 Å². The van der Waals surface area contributed by atoms with Gasteiger partial charge in [0, 0.05) is 19.2 Å². The van der Waals surface area contributed by atoms with E-state index in [0.29, 0.717) is 19.2 Å². The van der Waals surface area contributed by atoms with Crippen LogP contribution in [0.1, 0.15) is 39.0 Å². The van der Waals surface area contributed by atoms with Crippen LogP contribution >= 0.6 is 0 Å². The first-order chi connectivity index (χ1) is 8.24. The van der Waals surface area contributed by atoms with E-state index in [9.17, 15) is 4.79 Å². The molecule has 1 N–H and O–H groups in total. The highest BCUT2D eigenvalue weighted by Gasteiger charge is 2.36. The lowest BCUT2D eigenvalue weighted by atomic mass is 9.99. The SMILES string of the molecule is CC1OCCC1C(=O)N(CCO)C1CCCC1. The summed E-state index contributed by atoms with van der Waals surface area (Å²) in [6, 6.07) is 0.349. The second-order valence-corrected chi connectivity index (χ2v) is 5.16. The van der Waals surface area contributed by atoms with Crippen LogP contribution in [0, 0.1) is 5.92 Å². The van der Waals surface area contributed by atoms with Crippen molar-refractivity contribution in [3.05, 3.63) is 0 Å². The first-order valence-electron chi connectivity index (χ1n) is 6.77. The Labute approximate surface area is 103 Å². The van der Waals surface area contributed by atoms with Gasteiger partial charge in [-0.3, -0.25) is 4.79 Å². The van der Waals surface area contributed by atoms with Gasteiger partial charge >= 0.3 is 0 Å². The van der Waals surface area contributed by atoms with Gasteiger partial charge in [-0.25, -0.2) is 0 Å². The molecule has 0 aromatic rings. The summed E-state index contributed by atoms with van der Waals surface area (Å²) >= 11 is 0. The maximum Gasteiger partial charge on any atom is 0.228 e. The van der Waals surface area contributed by atoms with Gasteiger partial charge in [0.2, 0.25) is 5.91 Å². The Kier molecular flexibility index (Phi) is 4.40. The van der Waals surface area contributed by atoms with E-state index < -0.39 is 0 Å². The summed E-state index contributed by atoms with van der Waals surface area (Å²) in [5.74, 6) is 0.193. The first kappa shape index (κ1) is 12.8. The van der Waals surface area contributed by atoms with Crippen molar-refractivity contribution in [3.63, 3.8) is 0 Å². The van der Waals surface area contributed by atoms with Gasteiger partial charge in [0.1, 0.15) is 0 Å². The fourth-order valence-corrected chi connectivity index (χ4v) is 3.07. The molecule has 1 aliphatic carbocycles. The Hall–Kier alpha value is -0.610. The molecule has 4 heteroatoms. The van der Waals surface area contributed by atoms with Crippen molar-refractivity contribution in [2.75, 3.05) is 19.8 Å². The van der Waals surface area contributed by atoms with Gasteiger partial charge in [-0.05, 0) is 26.2 Å². The highest BCUT2D eigenvalue weighted by atomic mass is 16.5. The van der Waals surface area contributed by atoms with Gasteiger partial charge in [0.05, 0.1) is 18.6 Å². The van der Waals surface area contributed by atoms with E-state index >= 15 is 0 Å². The van der Waals surface area contributed by atoms with E-state index in [1.165, 1.54) is 12.8 Å². The summed E-state index contributed by atoms with van der Waals surface area (Å²) in [7, 11) is 0. The van der Waals surface area contributed by atoms with Crippen LogP contribution in [0.3, 0.4) is 0 Å². The van der Waals surface area contributed by atoms with E-state index in [1.807, 2.05) is 11.8 Å². The molecule has 0 spiro atoms. The number of nitrogens with zero attached hydrogens (tertiary/aromatic N) is 1. The fraction of sp³-hybridized carbons (Fsp3) is 0.923. The molecule has 1 heterocycles. The maximum atomic E-state index is 12.5. The third-order valence-electron chi connectivity index (χ3n) is 4.08. The van der Waals surface area contributed by atoms with Gasteiger partial charge in [-0.15, -0.1) is 0 Å². The molecule has 0 radical (unpaired) electrons. The number of carbonyl (C=O) groups is 1. The summed E-state index contributed by atoms with van der Waals surface area (Å²) < 4.78 is 5.47. The fourth-order valence-electron chi connectivity index (χ4n) is 3.07. The molecule has 2 aliphatic rings. The Balaban J connectivity index is 2.01. The maximum absolute atomic E-state index is 12.5. The number of amides is 1. The van der Waals surface area contributed by atoms with Crippen molar-refractivity contribution >= 4 is 5.91 Å². The molecule has 98 valence electrons. The lowest BCUT2D eigenvalue weighted by Crippen LogP contribution is -2.45. The number of rotatable bonds is 4. The predicted octanol–water partition coefficient (Wildman–Crippen LogP) is 1.17. The van der Waals surface area contributed by atoms with Crippen molar-refractivity contribution in [1.29, 1.82) is 0 Å². The third-order valence-corrected chi connectivity index (χ3v) is 4.08. The van der Waals surface area contributed by atoms with Gasteiger partial charge in [-0.1, -0.05) is 12.8 Å². The Morgan fingerprint density at radius 1 is 1.35 bits per heavy atom. The second-order valence-electron chi connectivity index (χ2n) is 5.16. The Bertz CT molecular complexity index is 263. The number of hydrogen-bond donors (Lipinski definition) is 1. The minimum Gasteiger partial charge on any atom is -0.395 e. The van der Waals surface area contributed by atoms with Crippen LogP contribution in [0.5, 0.6) is 0 Å². The van der Waals surface area contributed by atoms with Crippen molar-refractivity contribution in [2.45, 2.75) is 51.2 Å². The average molecular weight is 241 g/mol. The van der Waals surface area contributed by atoms with E-state index in [2.05, 4.69) is 0 Å². The van der Waals surface area contributed by atoms with Gasteiger partial charge in [0.25, 0.3) is 0 Å². The van der Waals surface area contributed by atoms with Crippen LogP contribution < -0.4 is 0 Å². The van der Waals surface area contributed by atoms with Gasteiger partial charge < -0.3 is 14.7 Å². The largest absolute Gasteiger partial charge is 0.395 e. The van der Waals surface area contributed by atoms with Crippen LogP contribution in [0.2, 0.25) is 0 Å². The molecule has 1 amide bonds. The predicted molar refractivity (Wildman–Crippen MR) is 64.6 cm³/mol. The molecular weight excluding hydrogens is 218 g/mol. The minimum atomic E-state index is 0.00199. The molecule has 0 aromatic heterocycles. The van der Waals surface area contributed by atoms with Crippen molar-refractivity contribution < 1.29 is 14.6 Å². The summed E-state index contributed by atoms with van der Waals surface area (Å²) in [5.41, 5.74) is 0. The molecule has 0 aromatic carbocycles. The number of aliphatic hydroxyl groups excluding tert-OH is 1. The van der Waals surface area contributed by atoms with Gasteiger partial charge in [-0.2, -0.15) is 0 Å². The topological polar surface area (TPSA) is 49.8 Å². The first-order valence-corrected chi connectivity index (χ1v) is 6.77. The Morgan fingerprint density at radius 2 is 2.06 bits per heavy atom. The zero-order valence-corrected chi connectivity index (χ0v) is 10.6. The quantitative estimate of drug-likeness (QED) is 0.804. The zero-order valence-electron chi connectivity index (χ0n) is 10.6. The molecule has 1 aliphatic heterocycles. The summed E-state index contributed by atoms with van der Waals surface area (Å²) in [6.45, 7) is 3.20. The van der Waals surface area contributed by atoms with Crippen molar-refractivity contribution in [1.82, 2.24) is 4.90 Å². The smallest absolute Gasteiger partial charge is 0.228 e. The van der Waals surface area contributed by atoms with Crippen molar-refractivity contribution in [3.8, 4) is 0 Å². The van der Waals surface area contributed by atoms with Crippen LogP contribution in [0.15, 0.2) is 0 Å². The third kappa shape index (κ3) is 2.80. The molecule has 2 unspecified atom stereocenters. The lowest BCUT2D eigenvalue weighted by Gasteiger charge is -2.31. The lowest BCUT2D eigenvalue weighted by molar-refractivity contribution is -0.139. The number of aliphatic hydroxyl groups is 1. The highest BCUT2D eigenvalue weighted by Crippen LogP contribution is 2.28. The molecule has 0 bridgehead atoms. The monoisotopic (exact) mass is 241 g/mol. The van der Waals surface area contributed by atoms with Crippen LogP contribution in [-0.2, 0) is 9.53 Å². The van der Waals surface area contributed by atoms with Crippen LogP contribution in [0.25, 0.3) is 0 Å². The van der Waals surface area contributed by atoms with Crippen molar-refractivity contribution in [2.24, 2.45) is 5.92 Å². The molecule has 1 saturated carbocycles. The second kappa shape index (κ2) is 5.83. The van der Waals surface area contributed by atoms with Crippen LogP contribution in [0.4, 0.5) is 0 Å². The number of carbonyl (C=O) groups excluding carboxylic acids is 1. The molecule has 2 fully saturated rings. The van der Waals surface area contributed by atoms with E-state index in [4.69, 9.17) is 9.84 Å². The summed E-state index contributed by atoms with van der Waals surface area (Å²) in [5, 5.41) is 9.13. The van der Waals surface area contributed by atoms with Gasteiger partial charge in [0.15, 0.2) is 0 Å². The molecular formula is C13H23NO3. The average Bonchev–Trinajstić information content (AvgIpc) is 2.95. The van der Waals surface area contributed by atoms with E-state index in [1.54, 1.807) is 0 Å². The Morgan fingerprint density at radius 3 is 2.59 bits per heavy atom.